The molecule has 6 nitrogen and oxygen atoms in total. The molecular formula is C16H22N4O2S. The molecule has 1 aliphatic rings. The van der Waals surface area contributed by atoms with Gasteiger partial charge >= 0.3 is 0 Å². The molecule has 1 aromatic heterocycles. The van der Waals surface area contributed by atoms with Gasteiger partial charge in [-0.15, -0.1) is 0 Å². The Hall–Kier alpha value is -1.70. The quantitative estimate of drug-likeness (QED) is 0.846. The molecule has 0 N–H and O–H groups in total. The largest absolute Gasteiger partial charge is 0.296 e. The number of rotatable bonds is 4. The summed E-state index contributed by atoms with van der Waals surface area (Å²) < 4.78 is 28.6. The van der Waals surface area contributed by atoms with E-state index in [1.807, 2.05) is 25.1 Å². The molecule has 0 unspecified atom stereocenters. The monoisotopic (exact) mass is 334 g/mol. The van der Waals surface area contributed by atoms with Crippen molar-refractivity contribution in [2.75, 3.05) is 19.6 Å². The zero-order valence-corrected chi connectivity index (χ0v) is 14.3. The van der Waals surface area contributed by atoms with E-state index >= 15 is 0 Å². The average molecular weight is 334 g/mol. The van der Waals surface area contributed by atoms with Gasteiger partial charge in [-0.1, -0.05) is 30.3 Å². The van der Waals surface area contributed by atoms with Crippen LogP contribution in [0.5, 0.6) is 0 Å². The van der Waals surface area contributed by atoms with Gasteiger partial charge in [-0.05, 0) is 12.5 Å². The number of nitrogens with zero attached hydrogens (tertiary/aromatic N) is 4. The molecule has 1 atom stereocenters. The molecule has 0 spiro atoms. The van der Waals surface area contributed by atoms with Crippen molar-refractivity contribution in [1.82, 2.24) is 19.0 Å². The topological polar surface area (TPSA) is 58.4 Å². The zero-order valence-electron chi connectivity index (χ0n) is 13.5. The highest BCUT2D eigenvalue weighted by Crippen LogP contribution is 2.21. The minimum atomic E-state index is -3.46. The number of hydrogen-bond acceptors (Lipinski definition) is 4. The number of sulfonamides is 1. The molecule has 7 heteroatoms. The summed E-state index contributed by atoms with van der Waals surface area (Å²) in [7, 11) is -1.74. The highest BCUT2D eigenvalue weighted by molar-refractivity contribution is 7.89. The van der Waals surface area contributed by atoms with E-state index in [1.165, 1.54) is 16.4 Å². The van der Waals surface area contributed by atoms with E-state index in [0.29, 0.717) is 6.54 Å². The van der Waals surface area contributed by atoms with Crippen molar-refractivity contribution in [2.45, 2.75) is 24.4 Å². The van der Waals surface area contributed by atoms with Crippen LogP contribution >= 0.6 is 0 Å². The van der Waals surface area contributed by atoms with Gasteiger partial charge in [-0.2, -0.15) is 9.40 Å². The van der Waals surface area contributed by atoms with E-state index in [9.17, 15) is 8.42 Å². The van der Waals surface area contributed by atoms with Gasteiger partial charge in [0.15, 0.2) is 0 Å². The van der Waals surface area contributed by atoms with Crippen LogP contribution in [0, 0.1) is 0 Å². The minimum absolute atomic E-state index is 0.0577. The second-order valence-electron chi connectivity index (χ2n) is 6.04. The maximum absolute atomic E-state index is 12.7. The lowest BCUT2D eigenvalue weighted by molar-refractivity contribution is 0.138. The lowest BCUT2D eigenvalue weighted by Gasteiger charge is -2.38. The van der Waals surface area contributed by atoms with E-state index in [0.717, 1.165) is 19.6 Å². The molecular weight excluding hydrogens is 312 g/mol. The van der Waals surface area contributed by atoms with Crippen molar-refractivity contribution in [3.8, 4) is 0 Å². The van der Waals surface area contributed by atoms with E-state index < -0.39 is 10.0 Å². The lowest BCUT2D eigenvalue weighted by atomic mass is 10.1. The van der Waals surface area contributed by atoms with Crippen LogP contribution in [0.25, 0.3) is 0 Å². The summed E-state index contributed by atoms with van der Waals surface area (Å²) >= 11 is 0. The first kappa shape index (κ1) is 16.2. The van der Waals surface area contributed by atoms with E-state index in [4.69, 9.17) is 0 Å². The first-order chi connectivity index (χ1) is 11.0. The molecule has 1 aromatic carbocycles. The van der Waals surface area contributed by atoms with Gasteiger partial charge in [0, 0.05) is 45.5 Å². The second kappa shape index (κ2) is 6.43. The Bertz CT molecular complexity index is 757. The molecule has 23 heavy (non-hydrogen) atoms. The lowest BCUT2D eigenvalue weighted by Crippen LogP contribution is -2.53. The van der Waals surface area contributed by atoms with E-state index in [1.54, 1.807) is 17.5 Å². The van der Waals surface area contributed by atoms with Crippen molar-refractivity contribution < 1.29 is 8.42 Å². The number of piperazine rings is 1. The van der Waals surface area contributed by atoms with Crippen LogP contribution < -0.4 is 0 Å². The molecule has 0 aliphatic carbocycles. The average Bonchev–Trinajstić information content (AvgIpc) is 2.95. The molecule has 0 amide bonds. The number of benzene rings is 1. The molecule has 2 heterocycles. The Morgan fingerprint density at radius 3 is 2.57 bits per heavy atom. The van der Waals surface area contributed by atoms with Gasteiger partial charge in [-0.25, -0.2) is 8.42 Å². The van der Waals surface area contributed by atoms with Gasteiger partial charge in [0.2, 0.25) is 10.0 Å². The van der Waals surface area contributed by atoms with E-state index in [2.05, 4.69) is 22.1 Å². The number of aromatic nitrogens is 2. The van der Waals surface area contributed by atoms with Crippen LogP contribution in [0.15, 0.2) is 47.6 Å². The van der Waals surface area contributed by atoms with Crippen molar-refractivity contribution in [3.63, 3.8) is 0 Å². The van der Waals surface area contributed by atoms with Gasteiger partial charge < -0.3 is 0 Å². The summed E-state index contributed by atoms with van der Waals surface area (Å²) in [6.45, 7) is 4.79. The van der Waals surface area contributed by atoms with Crippen LogP contribution in [0.2, 0.25) is 0 Å². The summed E-state index contributed by atoms with van der Waals surface area (Å²) in [6.07, 6.45) is 2.97. The van der Waals surface area contributed by atoms with Crippen LogP contribution in [0.3, 0.4) is 0 Å². The fraction of sp³-hybridized carbons (Fsp3) is 0.438. The Morgan fingerprint density at radius 2 is 1.96 bits per heavy atom. The summed E-state index contributed by atoms with van der Waals surface area (Å²) in [4.78, 5) is 2.57. The normalized spacial score (nSPS) is 20.7. The maximum Gasteiger partial charge on any atom is 0.246 e. The van der Waals surface area contributed by atoms with Crippen LogP contribution in [0.1, 0.15) is 12.5 Å². The molecule has 0 radical (unpaired) electrons. The van der Waals surface area contributed by atoms with E-state index in [-0.39, 0.29) is 10.9 Å². The molecule has 0 bridgehead atoms. The van der Waals surface area contributed by atoms with Crippen molar-refractivity contribution in [3.05, 3.63) is 48.3 Å². The summed E-state index contributed by atoms with van der Waals surface area (Å²) in [6, 6.07) is 10.2. The molecule has 3 rings (SSSR count). The molecule has 124 valence electrons. The predicted molar refractivity (Wildman–Crippen MR) is 88.3 cm³/mol. The Balaban J connectivity index is 1.69. The van der Waals surface area contributed by atoms with Crippen LogP contribution in [-0.4, -0.2) is 53.1 Å². The zero-order chi connectivity index (χ0) is 16.4. The Kier molecular flexibility index (Phi) is 4.52. The van der Waals surface area contributed by atoms with Crippen molar-refractivity contribution >= 4 is 10.0 Å². The number of aryl methyl sites for hydroxylation is 1. The third-order valence-electron chi connectivity index (χ3n) is 4.19. The SMILES string of the molecule is C[C@@H]1CN(Cc2ccccc2)CCN1S(=O)(=O)c1cnn(C)c1. The van der Waals surface area contributed by atoms with Gasteiger partial charge in [0.1, 0.15) is 4.90 Å². The smallest absolute Gasteiger partial charge is 0.246 e. The molecule has 0 saturated carbocycles. The highest BCUT2D eigenvalue weighted by atomic mass is 32.2. The van der Waals surface area contributed by atoms with Gasteiger partial charge in [0.25, 0.3) is 0 Å². The second-order valence-corrected chi connectivity index (χ2v) is 7.93. The molecule has 1 aliphatic heterocycles. The Morgan fingerprint density at radius 1 is 1.22 bits per heavy atom. The molecule has 1 saturated heterocycles. The molecule has 2 aromatic rings. The predicted octanol–water partition coefficient (Wildman–Crippen LogP) is 1.32. The Labute approximate surface area is 137 Å². The van der Waals surface area contributed by atoms with Crippen molar-refractivity contribution in [2.24, 2.45) is 7.05 Å². The first-order valence-corrected chi connectivity index (χ1v) is 9.17. The summed E-state index contributed by atoms with van der Waals surface area (Å²) in [5.41, 5.74) is 1.25. The fourth-order valence-corrected chi connectivity index (χ4v) is 4.63. The third kappa shape index (κ3) is 3.46. The van der Waals surface area contributed by atoms with Gasteiger partial charge in [-0.3, -0.25) is 9.58 Å². The van der Waals surface area contributed by atoms with Crippen LogP contribution in [-0.2, 0) is 23.6 Å². The maximum atomic E-state index is 12.7. The third-order valence-corrected chi connectivity index (χ3v) is 6.15. The number of hydrogen-bond donors (Lipinski definition) is 0. The summed E-state index contributed by atoms with van der Waals surface area (Å²) in [5.74, 6) is 0. The van der Waals surface area contributed by atoms with Crippen LogP contribution in [0.4, 0.5) is 0 Å². The fourth-order valence-electron chi connectivity index (χ4n) is 3.03. The standard InChI is InChI=1S/C16H22N4O2S/c1-14-11-19(12-15-6-4-3-5-7-15)8-9-20(14)23(21,22)16-10-17-18(2)13-16/h3-7,10,13-14H,8-9,11-12H2,1-2H3/t14-/m1/s1. The van der Waals surface area contributed by atoms with Crippen molar-refractivity contribution in [1.29, 1.82) is 0 Å². The highest BCUT2D eigenvalue weighted by Gasteiger charge is 2.34. The molecule has 1 fully saturated rings. The first-order valence-electron chi connectivity index (χ1n) is 7.73. The van der Waals surface area contributed by atoms with Gasteiger partial charge in [0.05, 0.1) is 6.20 Å². The summed E-state index contributed by atoms with van der Waals surface area (Å²) in [5, 5.41) is 3.97. The minimum Gasteiger partial charge on any atom is -0.296 e.